The van der Waals surface area contributed by atoms with Gasteiger partial charge in [0.05, 0.1) is 30.5 Å². The summed E-state index contributed by atoms with van der Waals surface area (Å²) in [5.41, 5.74) is -0.911. The van der Waals surface area contributed by atoms with Crippen molar-refractivity contribution >= 4 is 16.5 Å². The number of rotatable bonds is 4. The van der Waals surface area contributed by atoms with Crippen LogP contribution < -0.4 is 31.4 Å². The monoisotopic (exact) mass is 438 g/mol. The van der Waals surface area contributed by atoms with Gasteiger partial charge in [-0.05, 0) is 24.3 Å². The van der Waals surface area contributed by atoms with Crippen LogP contribution in [0.15, 0.2) is 92.2 Å². The Morgan fingerprint density at radius 3 is 2.09 bits per heavy atom. The van der Waals surface area contributed by atoms with Gasteiger partial charge in [-0.2, -0.15) is 0 Å². The van der Waals surface area contributed by atoms with Crippen molar-refractivity contribution in [3.05, 3.63) is 120 Å². The highest BCUT2D eigenvalue weighted by Gasteiger charge is 2.19. The van der Waals surface area contributed by atoms with Crippen molar-refractivity contribution in [2.24, 2.45) is 4.99 Å². The van der Waals surface area contributed by atoms with Gasteiger partial charge in [0.15, 0.2) is 5.43 Å². The van der Waals surface area contributed by atoms with E-state index in [-0.39, 0.29) is 15.8 Å². The molecule has 33 heavy (non-hydrogen) atoms. The molecule has 0 N–H and O–H groups in total. The summed E-state index contributed by atoms with van der Waals surface area (Å²) in [6.45, 7) is 0. The van der Waals surface area contributed by atoms with Gasteiger partial charge in [-0.3, -0.25) is 14.4 Å². The van der Waals surface area contributed by atoms with Crippen LogP contribution in [0.25, 0.3) is 16.5 Å². The van der Waals surface area contributed by atoms with E-state index in [2.05, 4.69) is 0 Å². The third kappa shape index (κ3) is 3.13. The first-order valence-electron chi connectivity index (χ1n) is 10.2. The lowest BCUT2D eigenvalue weighted by atomic mass is 10.1. The Balaban J connectivity index is 2.02. The van der Waals surface area contributed by atoms with Crippen LogP contribution in [0.3, 0.4) is 0 Å². The van der Waals surface area contributed by atoms with Gasteiger partial charge in [0.2, 0.25) is 0 Å². The molecule has 162 valence electrons. The fourth-order valence-electron chi connectivity index (χ4n) is 4.04. The molecule has 0 radical (unpaired) electrons. The Kier molecular flexibility index (Phi) is 4.86. The van der Waals surface area contributed by atoms with Gasteiger partial charge in [0.25, 0.3) is 11.1 Å². The fourth-order valence-corrected chi connectivity index (χ4v) is 4.04. The number of aromatic nitrogens is 1. The predicted octanol–water partition coefficient (Wildman–Crippen LogP) is 2.56. The van der Waals surface area contributed by atoms with E-state index < -0.39 is 16.5 Å². The van der Waals surface area contributed by atoms with Gasteiger partial charge in [0, 0.05) is 16.8 Å². The molecule has 0 aromatic heterocycles. The molecule has 3 aromatic rings. The van der Waals surface area contributed by atoms with Gasteiger partial charge in [-0.1, -0.05) is 42.5 Å². The predicted molar refractivity (Wildman–Crippen MR) is 125 cm³/mol. The molecule has 0 fully saturated rings. The van der Waals surface area contributed by atoms with Crippen molar-refractivity contribution in [2.75, 3.05) is 14.2 Å². The van der Waals surface area contributed by atoms with E-state index in [1.807, 2.05) is 0 Å². The van der Waals surface area contributed by atoms with Crippen molar-refractivity contribution in [1.29, 1.82) is 0 Å². The molecule has 0 amide bonds. The number of hydrogen-bond donors (Lipinski definition) is 0. The largest absolute Gasteiger partial charge is 0.497 e. The van der Waals surface area contributed by atoms with Crippen LogP contribution in [-0.4, -0.2) is 18.8 Å². The summed E-state index contributed by atoms with van der Waals surface area (Å²) in [5.74, 6) is 1.01. The van der Waals surface area contributed by atoms with Gasteiger partial charge >= 0.3 is 0 Å². The molecule has 0 spiro atoms. The normalized spacial score (nSPS) is 11.9. The molecule has 5 rings (SSSR count). The lowest BCUT2D eigenvalue weighted by Gasteiger charge is -2.07. The zero-order valence-electron chi connectivity index (χ0n) is 17.9. The summed E-state index contributed by atoms with van der Waals surface area (Å²) in [7, 11) is 3.05. The molecule has 0 atom stereocenters. The van der Waals surface area contributed by atoms with Gasteiger partial charge in [-0.25, -0.2) is 9.56 Å². The van der Waals surface area contributed by atoms with E-state index >= 15 is 0 Å². The van der Waals surface area contributed by atoms with Crippen LogP contribution in [0, 0.1) is 10.4 Å². The molecule has 7 heteroatoms. The quantitative estimate of drug-likeness (QED) is 0.431. The molecule has 2 aliphatic rings. The summed E-state index contributed by atoms with van der Waals surface area (Å²) in [6.07, 6.45) is 0. The summed E-state index contributed by atoms with van der Waals surface area (Å²) >= 11 is 0. The van der Waals surface area contributed by atoms with Crippen LogP contribution in [-0.2, 0) is 0 Å². The number of ether oxygens (including phenoxy) is 2. The number of benzene rings is 3. The van der Waals surface area contributed by atoms with Crippen molar-refractivity contribution in [3.63, 3.8) is 0 Å². The Morgan fingerprint density at radius 2 is 1.39 bits per heavy atom. The van der Waals surface area contributed by atoms with Crippen LogP contribution in [0.5, 0.6) is 11.5 Å². The summed E-state index contributed by atoms with van der Waals surface area (Å²) < 4.78 is 11.7. The van der Waals surface area contributed by atoms with E-state index in [1.54, 1.807) is 79.9 Å². The molecule has 1 aliphatic carbocycles. The first-order valence-corrected chi connectivity index (χ1v) is 10.2. The second-order valence-corrected chi connectivity index (χ2v) is 7.40. The number of nitrogens with zero attached hydrogens (tertiary/aromatic N) is 2. The number of hydrogen-bond acceptors (Lipinski definition) is 6. The molecule has 1 heterocycles. The van der Waals surface area contributed by atoms with Crippen molar-refractivity contribution in [3.8, 4) is 17.2 Å². The standard InChI is InChI=1S/C26H18N2O5/c1-32-16-12-13-19(20(14-16)33-2)27-23-17-10-6-7-11-18(17)24(29)22-21(23)25(30)28(26(22)31)15-8-4-3-5-9-15/h3-14H,1-2H3. The average molecular weight is 438 g/mol. The highest BCUT2D eigenvalue weighted by Crippen LogP contribution is 2.31. The molecular weight excluding hydrogens is 420 g/mol. The van der Waals surface area contributed by atoms with E-state index in [1.165, 1.54) is 7.11 Å². The third-order valence-electron chi connectivity index (χ3n) is 5.61. The second-order valence-electron chi connectivity index (χ2n) is 7.40. The van der Waals surface area contributed by atoms with Crippen LogP contribution >= 0.6 is 0 Å². The third-order valence-corrected chi connectivity index (χ3v) is 5.61. The number of para-hydroxylation sites is 1. The molecular formula is C26H18N2O5. The topological polar surface area (TPSA) is 87.0 Å². The van der Waals surface area contributed by atoms with Crippen molar-refractivity contribution < 1.29 is 9.47 Å². The molecule has 0 saturated carbocycles. The first-order chi connectivity index (χ1) is 16.0. The maximum atomic E-state index is 13.5. The minimum absolute atomic E-state index is 0.00887. The number of methoxy groups -OCH3 is 2. The number of fused-ring (bicyclic) bond motifs is 1. The molecule has 3 aromatic carbocycles. The van der Waals surface area contributed by atoms with E-state index in [9.17, 15) is 14.4 Å². The lowest BCUT2D eigenvalue weighted by Crippen LogP contribution is -2.26. The van der Waals surface area contributed by atoms with Gasteiger partial charge in [-0.15, -0.1) is 0 Å². The van der Waals surface area contributed by atoms with E-state index in [4.69, 9.17) is 14.5 Å². The Morgan fingerprint density at radius 1 is 0.727 bits per heavy atom. The lowest BCUT2D eigenvalue weighted by molar-refractivity contribution is 0.395. The molecule has 0 unspecified atom stereocenters. The summed E-state index contributed by atoms with van der Waals surface area (Å²) in [6, 6.07) is 20.4. The maximum absolute atomic E-state index is 13.5. The van der Waals surface area contributed by atoms with Crippen molar-refractivity contribution in [2.45, 2.75) is 0 Å². The van der Waals surface area contributed by atoms with Gasteiger partial charge in [0.1, 0.15) is 22.4 Å². The van der Waals surface area contributed by atoms with Crippen LogP contribution in [0.1, 0.15) is 0 Å². The Bertz CT molecular complexity index is 1800. The SMILES string of the molecule is COc1ccc(N=c2c3c(=O)n(-c4ccccc4)c(=O)c=3c(=O)c3ccccc23)c(OC)c1. The Hall–Kier alpha value is -4.52. The second kappa shape index (κ2) is 7.87. The molecule has 0 bridgehead atoms. The summed E-state index contributed by atoms with van der Waals surface area (Å²) in [5, 5.41) is 0.869. The first kappa shape index (κ1) is 20.4. The molecule has 0 saturated heterocycles. The summed E-state index contributed by atoms with van der Waals surface area (Å²) in [4.78, 5) is 44.8. The van der Waals surface area contributed by atoms with Crippen LogP contribution in [0.2, 0.25) is 0 Å². The highest BCUT2D eigenvalue weighted by molar-refractivity contribution is 5.82. The van der Waals surface area contributed by atoms with E-state index in [0.717, 1.165) is 4.57 Å². The van der Waals surface area contributed by atoms with Crippen LogP contribution in [0.4, 0.5) is 5.69 Å². The zero-order chi connectivity index (χ0) is 23.1. The zero-order valence-corrected chi connectivity index (χ0v) is 17.9. The van der Waals surface area contributed by atoms with E-state index in [0.29, 0.717) is 33.6 Å². The van der Waals surface area contributed by atoms with Crippen molar-refractivity contribution in [1.82, 2.24) is 4.57 Å². The average Bonchev–Trinajstić information content (AvgIpc) is 3.12. The Labute approximate surface area is 186 Å². The van der Waals surface area contributed by atoms with Gasteiger partial charge < -0.3 is 9.47 Å². The maximum Gasteiger partial charge on any atom is 0.270 e. The highest BCUT2D eigenvalue weighted by atomic mass is 16.5. The molecule has 1 aliphatic heterocycles. The molecule has 7 nitrogen and oxygen atoms in total. The smallest absolute Gasteiger partial charge is 0.270 e. The minimum atomic E-state index is -0.657. The minimum Gasteiger partial charge on any atom is -0.497 e. The fraction of sp³-hybridized carbons (Fsp3) is 0.0769.